The van der Waals surface area contributed by atoms with Crippen molar-refractivity contribution >= 4 is 11.8 Å². The number of aryl methyl sites for hydroxylation is 2. The number of rotatable bonds is 7. The summed E-state index contributed by atoms with van der Waals surface area (Å²) in [5.74, 6) is 0.495. The molecule has 0 radical (unpaired) electrons. The lowest BCUT2D eigenvalue weighted by molar-refractivity contribution is -0.129. The van der Waals surface area contributed by atoms with Gasteiger partial charge in [0.15, 0.2) is 11.5 Å². The molecule has 0 aliphatic rings. The van der Waals surface area contributed by atoms with E-state index in [1.165, 1.54) is 19.8 Å². The van der Waals surface area contributed by atoms with Crippen LogP contribution in [-0.4, -0.2) is 44.5 Å². The summed E-state index contributed by atoms with van der Waals surface area (Å²) in [7, 11) is 4.76. The molecule has 0 spiro atoms. The Morgan fingerprint density at radius 1 is 1.00 bits per heavy atom. The van der Waals surface area contributed by atoms with Crippen LogP contribution < -0.4 is 14.8 Å². The molecule has 0 saturated heterocycles. The van der Waals surface area contributed by atoms with Crippen molar-refractivity contribution in [2.24, 2.45) is 0 Å². The maximum Gasteiger partial charge on any atom is 0.251 e. The van der Waals surface area contributed by atoms with Crippen molar-refractivity contribution in [1.29, 1.82) is 0 Å². The van der Waals surface area contributed by atoms with Crippen molar-refractivity contribution in [2.75, 3.05) is 27.8 Å². The summed E-state index contributed by atoms with van der Waals surface area (Å²) in [6, 6.07) is 11.0. The monoisotopic (exact) mass is 370 g/mol. The topological polar surface area (TPSA) is 67.9 Å². The number of hydrogen-bond donors (Lipinski definition) is 1. The maximum atomic E-state index is 12.4. The number of methoxy groups -OCH3 is 2. The highest BCUT2D eigenvalue weighted by molar-refractivity contribution is 5.97. The van der Waals surface area contributed by atoms with Crippen molar-refractivity contribution in [2.45, 2.75) is 20.4 Å². The predicted octanol–water partition coefficient (Wildman–Crippen LogP) is 2.71. The summed E-state index contributed by atoms with van der Waals surface area (Å²) in [6.45, 7) is 4.49. The second-order valence-electron chi connectivity index (χ2n) is 6.43. The Labute approximate surface area is 160 Å². The van der Waals surface area contributed by atoms with Gasteiger partial charge in [-0.3, -0.25) is 9.59 Å². The fourth-order valence-corrected chi connectivity index (χ4v) is 2.74. The molecule has 2 aromatic rings. The van der Waals surface area contributed by atoms with Crippen molar-refractivity contribution in [3.63, 3.8) is 0 Å². The zero-order chi connectivity index (χ0) is 20.0. The molecule has 0 saturated carbocycles. The van der Waals surface area contributed by atoms with Gasteiger partial charge in [-0.25, -0.2) is 0 Å². The van der Waals surface area contributed by atoms with Crippen molar-refractivity contribution in [3.8, 4) is 11.5 Å². The highest BCUT2D eigenvalue weighted by Crippen LogP contribution is 2.27. The fraction of sp³-hybridized carbons (Fsp3) is 0.333. The Kier molecular flexibility index (Phi) is 6.82. The number of nitrogens with zero attached hydrogens (tertiary/aromatic N) is 1. The van der Waals surface area contributed by atoms with Crippen molar-refractivity contribution in [1.82, 2.24) is 10.2 Å². The molecule has 0 fully saturated rings. The molecular formula is C21H26N2O4. The zero-order valence-corrected chi connectivity index (χ0v) is 16.5. The second-order valence-corrected chi connectivity index (χ2v) is 6.43. The molecule has 0 aromatic heterocycles. The molecule has 0 heterocycles. The predicted molar refractivity (Wildman–Crippen MR) is 104 cm³/mol. The summed E-state index contributed by atoms with van der Waals surface area (Å²) in [4.78, 5) is 26.3. The molecule has 144 valence electrons. The van der Waals surface area contributed by atoms with Crippen LogP contribution in [0.2, 0.25) is 0 Å². The van der Waals surface area contributed by atoms with E-state index in [0.717, 1.165) is 11.1 Å². The molecule has 0 aliphatic carbocycles. The fourth-order valence-electron chi connectivity index (χ4n) is 2.74. The summed E-state index contributed by atoms with van der Waals surface area (Å²) >= 11 is 0. The minimum Gasteiger partial charge on any atom is -0.493 e. The average Bonchev–Trinajstić information content (AvgIpc) is 2.67. The molecule has 0 unspecified atom stereocenters. The molecule has 2 rings (SSSR count). The van der Waals surface area contributed by atoms with Gasteiger partial charge in [0.05, 0.1) is 20.8 Å². The first-order valence-electron chi connectivity index (χ1n) is 8.66. The van der Waals surface area contributed by atoms with Gasteiger partial charge in [0.1, 0.15) is 0 Å². The standard InChI is InChI=1S/C21H26N2O4/c1-14-6-7-17(15(2)10-14)13-23(3)20(24)12-22-21(25)16-8-9-18(26-4)19(11-16)27-5/h6-11H,12-13H2,1-5H3,(H,22,25). The quantitative estimate of drug-likeness (QED) is 0.814. The van der Waals surface area contributed by atoms with Gasteiger partial charge in [-0.1, -0.05) is 23.8 Å². The van der Waals surface area contributed by atoms with Gasteiger partial charge in [-0.15, -0.1) is 0 Å². The molecule has 0 aliphatic heterocycles. The molecule has 6 nitrogen and oxygen atoms in total. The van der Waals surface area contributed by atoms with E-state index in [1.807, 2.05) is 26.0 Å². The number of likely N-dealkylation sites (N-methyl/N-ethyl adjacent to an activating group) is 1. The highest BCUT2D eigenvalue weighted by Gasteiger charge is 2.14. The maximum absolute atomic E-state index is 12.4. The minimum atomic E-state index is -0.343. The minimum absolute atomic E-state index is 0.0748. The van der Waals surface area contributed by atoms with E-state index in [2.05, 4.69) is 11.4 Å². The molecule has 2 amide bonds. The smallest absolute Gasteiger partial charge is 0.251 e. The highest BCUT2D eigenvalue weighted by atomic mass is 16.5. The van der Waals surface area contributed by atoms with E-state index < -0.39 is 0 Å². The number of amides is 2. The normalized spacial score (nSPS) is 10.3. The second kappa shape index (κ2) is 9.07. The molecule has 6 heteroatoms. The van der Waals surface area contributed by atoms with E-state index in [-0.39, 0.29) is 18.4 Å². The van der Waals surface area contributed by atoms with Gasteiger partial charge < -0.3 is 19.7 Å². The molecule has 0 bridgehead atoms. The van der Waals surface area contributed by atoms with Gasteiger partial charge in [-0.05, 0) is 43.2 Å². The van der Waals surface area contributed by atoms with Crippen LogP contribution in [-0.2, 0) is 11.3 Å². The van der Waals surface area contributed by atoms with Crippen LogP contribution in [0.3, 0.4) is 0 Å². The third kappa shape index (κ3) is 5.23. The van der Waals surface area contributed by atoms with Crippen molar-refractivity contribution < 1.29 is 19.1 Å². The molecular weight excluding hydrogens is 344 g/mol. The molecule has 27 heavy (non-hydrogen) atoms. The van der Waals surface area contributed by atoms with Crippen molar-refractivity contribution in [3.05, 3.63) is 58.7 Å². The Hall–Kier alpha value is -3.02. The van der Waals surface area contributed by atoms with Crippen LogP contribution in [0, 0.1) is 13.8 Å². The number of ether oxygens (including phenoxy) is 2. The molecule has 0 atom stereocenters. The number of benzene rings is 2. The van der Waals surface area contributed by atoms with Gasteiger partial charge in [-0.2, -0.15) is 0 Å². The molecule has 2 aromatic carbocycles. The first-order valence-corrected chi connectivity index (χ1v) is 8.66. The summed E-state index contributed by atoms with van der Waals surface area (Å²) in [5, 5.41) is 2.65. The average molecular weight is 370 g/mol. The third-order valence-corrected chi connectivity index (χ3v) is 4.38. The Balaban J connectivity index is 1.95. The Bertz CT molecular complexity index is 833. The largest absolute Gasteiger partial charge is 0.493 e. The van der Waals surface area contributed by atoms with Crippen LogP contribution >= 0.6 is 0 Å². The molecule has 1 N–H and O–H groups in total. The van der Waals surface area contributed by atoms with Crippen LogP contribution in [0.15, 0.2) is 36.4 Å². The summed E-state index contributed by atoms with van der Waals surface area (Å²) in [6.07, 6.45) is 0. The lowest BCUT2D eigenvalue weighted by Gasteiger charge is -2.19. The van der Waals surface area contributed by atoms with Gasteiger partial charge >= 0.3 is 0 Å². The summed E-state index contributed by atoms with van der Waals surface area (Å²) in [5.41, 5.74) is 3.82. The van der Waals surface area contributed by atoms with E-state index >= 15 is 0 Å². The van der Waals surface area contributed by atoms with Crippen LogP contribution in [0.4, 0.5) is 0 Å². The summed E-state index contributed by atoms with van der Waals surface area (Å²) < 4.78 is 10.4. The van der Waals surface area contributed by atoms with E-state index in [0.29, 0.717) is 23.6 Å². The first kappa shape index (κ1) is 20.3. The SMILES string of the molecule is COc1ccc(C(=O)NCC(=O)N(C)Cc2ccc(C)cc2C)cc1OC. The zero-order valence-electron chi connectivity index (χ0n) is 16.5. The van der Waals surface area contributed by atoms with E-state index in [4.69, 9.17) is 9.47 Å². The number of carbonyl (C=O) groups is 2. The van der Waals surface area contributed by atoms with Gasteiger partial charge in [0.25, 0.3) is 5.91 Å². The van der Waals surface area contributed by atoms with Crippen LogP contribution in [0.1, 0.15) is 27.0 Å². The third-order valence-electron chi connectivity index (χ3n) is 4.38. The number of hydrogen-bond acceptors (Lipinski definition) is 4. The van der Waals surface area contributed by atoms with E-state index in [9.17, 15) is 9.59 Å². The van der Waals surface area contributed by atoms with Crippen LogP contribution in [0.25, 0.3) is 0 Å². The van der Waals surface area contributed by atoms with Gasteiger partial charge in [0.2, 0.25) is 5.91 Å². The lowest BCUT2D eigenvalue weighted by atomic mass is 10.1. The van der Waals surface area contributed by atoms with Gasteiger partial charge in [0, 0.05) is 19.2 Å². The first-order chi connectivity index (χ1) is 12.8. The Morgan fingerprint density at radius 3 is 2.33 bits per heavy atom. The van der Waals surface area contributed by atoms with E-state index in [1.54, 1.807) is 30.1 Å². The lowest BCUT2D eigenvalue weighted by Crippen LogP contribution is -2.37. The number of nitrogens with one attached hydrogen (secondary N) is 1. The number of carbonyl (C=O) groups excluding carboxylic acids is 2. The van der Waals surface area contributed by atoms with Crippen LogP contribution in [0.5, 0.6) is 11.5 Å². The Morgan fingerprint density at radius 2 is 1.70 bits per heavy atom.